The van der Waals surface area contributed by atoms with Crippen molar-refractivity contribution in [2.24, 2.45) is 0 Å². The molecule has 0 unspecified atom stereocenters. The third kappa shape index (κ3) is 3.84. The van der Waals surface area contributed by atoms with Gasteiger partial charge in [-0.2, -0.15) is 0 Å². The van der Waals surface area contributed by atoms with Crippen LogP contribution in [0.1, 0.15) is 5.56 Å². The molecule has 5 nitrogen and oxygen atoms in total. The van der Waals surface area contributed by atoms with Crippen molar-refractivity contribution in [1.29, 1.82) is 0 Å². The Morgan fingerprint density at radius 3 is 2.12 bits per heavy atom. The summed E-state index contributed by atoms with van der Waals surface area (Å²) in [6.45, 7) is 8.25. The number of aryl methyl sites for hydroxylation is 1. The molecule has 0 saturated heterocycles. The molecule has 0 radical (unpaired) electrons. The quantitative estimate of drug-likeness (QED) is 0.768. The van der Waals surface area contributed by atoms with Crippen molar-refractivity contribution < 1.29 is 16.8 Å². The van der Waals surface area contributed by atoms with E-state index in [-0.39, 0.29) is 4.90 Å². The van der Waals surface area contributed by atoms with E-state index in [1.807, 2.05) is 0 Å². The molecule has 0 spiro atoms. The molecule has 0 fully saturated rings. The second-order valence-electron chi connectivity index (χ2n) is 3.58. The van der Waals surface area contributed by atoms with E-state index in [1.54, 1.807) is 19.1 Å². The van der Waals surface area contributed by atoms with Crippen LogP contribution in [0.2, 0.25) is 0 Å². The summed E-state index contributed by atoms with van der Waals surface area (Å²) in [5, 5.41) is -1.02. The van der Waals surface area contributed by atoms with E-state index >= 15 is 0 Å². The SMILES string of the molecule is [C-]#[N+]CS(=O)(=O)CS(=O)(=O)c1ccc(C)cc1. The Morgan fingerprint density at radius 1 is 1.12 bits per heavy atom. The zero-order chi connectivity index (χ0) is 13.1. The van der Waals surface area contributed by atoms with Gasteiger partial charge in [0.05, 0.1) is 4.90 Å². The van der Waals surface area contributed by atoms with Crippen LogP contribution in [0.4, 0.5) is 0 Å². The van der Waals surface area contributed by atoms with Gasteiger partial charge in [0.1, 0.15) is 0 Å². The molecule has 0 N–H and O–H groups in total. The van der Waals surface area contributed by atoms with Crippen LogP contribution in [-0.4, -0.2) is 27.8 Å². The average molecular weight is 273 g/mol. The summed E-state index contributed by atoms with van der Waals surface area (Å²) in [6.07, 6.45) is 0. The van der Waals surface area contributed by atoms with Crippen LogP contribution in [-0.2, 0) is 19.7 Å². The molecule has 1 aromatic rings. The molecule has 0 atom stereocenters. The van der Waals surface area contributed by atoms with Crippen molar-refractivity contribution in [3.63, 3.8) is 0 Å². The number of nitrogens with zero attached hydrogens (tertiary/aromatic N) is 1. The number of sulfone groups is 2. The van der Waals surface area contributed by atoms with Gasteiger partial charge in [-0.25, -0.2) is 23.4 Å². The van der Waals surface area contributed by atoms with Crippen molar-refractivity contribution in [3.8, 4) is 0 Å². The molecule has 1 aromatic carbocycles. The fourth-order valence-corrected chi connectivity index (χ4v) is 4.67. The number of hydrogen-bond donors (Lipinski definition) is 0. The van der Waals surface area contributed by atoms with Crippen molar-refractivity contribution in [3.05, 3.63) is 41.2 Å². The van der Waals surface area contributed by atoms with Gasteiger partial charge in [-0.15, -0.1) is 0 Å². The summed E-state index contributed by atoms with van der Waals surface area (Å²) >= 11 is 0. The molecule has 0 heterocycles. The molecule has 0 aliphatic carbocycles. The van der Waals surface area contributed by atoms with Crippen LogP contribution in [0.25, 0.3) is 4.85 Å². The first-order valence-corrected chi connectivity index (χ1v) is 8.07. The molecular weight excluding hydrogens is 262 g/mol. The van der Waals surface area contributed by atoms with Crippen LogP contribution in [0.15, 0.2) is 29.2 Å². The molecule has 0 aliphatic rings. The maximum atomic E-state index is 11.8. The van der Waals surface area contributed by atoms with Crippen LogP contribution in [0, 0.1) is 13.5 Å². The molecule has 0 saturated carbocycles. The van der Waals surface area contributed by atoms with Gasteiger partial charge >= 0.3 is 5.88 Å². The van der Waals surface area contributed by atoms with Crippen LogP contribution in [0.3, 0.4) is 0 Å². The molecule has 7 heteroatoms. The van der Waals surface area contributed by atoms with Gasteiger partial charge in [0.25, 0.3) is 0 Å². The van der Waals surface area contributed by atoms with E-state index in [9.17, 15) is 16.8 Å². The lowest BCUT2D eigenvalue weighted by Crippen LogP contribution is -2.18. The van der Waals surface area contributed by atoms with E-state index < -0.39 is 30.6 Å². The largest absolute Gasteiger partial charge is 0.313 e. The van der Waals surface area contributed by atoms with Gasteiger partial charge in [0.2, 0.25) is 9.84 Å². The predicted octanol–water partition coefficient (Wildman–Crippen LogP) is 1.02. The third-order valence-electron chi connectivity index (χ3n) is 1.98. The van der Waals surface area contributed by atoms with E-state index in [0.717, 1.165) is 5.56 Å². The highest BCUT2D eigenvalue weighted by molar-refractivity contribution is 8.08. The second kappa shape index (κ2) is 4.85. The van der Waals surface area contributed by atoms with E-state index in [2.05, 4.69) is 4.85 Å². The first-order chi connectivity index (χ1) is 7.77. The number of hydrogen-bond acceptors (Lipinski definition) is 4. The summed E-state index contributed by atoms with van der Waals surface area (Å²) < 4.78 is 46.1. The summed E-state index contributed by atoms with van der Waals surface area (Å²) in [6, 6.07) is 5.90. The molecule has 0 bridgehead atoms. The minimum Gasteiger partial charge on any atom is -0.300 e. The van der Waals surface area contributed by atoms with Gasteiger partial charge < -0.3 is 0 Å². The maximum Gasteiger partial charge on any atom is 0.313 e. The minimum atomic E-state index is -3.89. The number of rotatable bonds is 4. The highest BCUT2D eigenvalue weighted by atomic mass is 32.3. The van der Waals surface area contributed by atoms with Crippen LogP contribution in [0.5, 0.6) is 0 Å². The van der Waals surface area contributed by atoms with Crippen molar-refractivity contribution >= 4 is 19.7 Å². The van der Waals surface area contributed by atoms with E-state index in [1.165, 1.54) is 12.1 Å². The van der Waals surface area contributed by atoms with Gasteiger partial charge in [-0.1, -0.05) is 17.7 Å². The summed E-state index contributed by atoms with van der Waals surface area (Å²) in [5.74, 6) is -0.807. The summed E-state index contributed by atoms with van der Waals surface area (Å²) in [7, 11) is -7.78. The lowest BCUT2D eigenvalue weighted by atomic mass is 10.2. The van der Waals surface area contributed by atoms with Gasteiger partial charge in [0.15, 0.2) is 14.9 Å². The highest BCUT2D eigenvalue weighted by Gasteiger charge is 2.26. The number of benzene rings is 1. The maximum absolute atomic E-state index is 11.8. The predicted molar refractivity (Wildman–Crippen MR) is 63.6 cm³/mol. The van der Waals surface area contributed by atoms with Gasteiger partial charge in [-0.05, 0) is 19.1 Å². The monoisotopic (exact) mass is 273 g/mol. The second-order valence-corrected chi connectivity index (χ2v) is 7.97. The Bertz CT molecular complexity index is 637. The molecule has 0 aromatic heterocycles. The van der Waals surface area contributed by atoms with Crippen LogP contribution < -0.4 is 0 Å². The first kappa shape index (κ1) is 13.7. The summed E-state index contributed by atoms with van der Waals surface area (Å²) in [5.41, 5.74) is 0.882. The Hall–Kier alpha value is -1.39. The third-order valence-corrected chi connectivity index (χ3v) is 6.17. The van der Waals surface area contributed by atoms with Crippen molar-refractivity contribution in [2.75, 3.05) is 11.0 Å². The molecule has 17 heavy (non-hydrogen) atoms. The lowest BCUT2D eigenvalue weighted by molar-refractivity contribution is 0.590. The van der Waals surface area contributed by atoms with Gasteiger partial charge in [-0.3, -0.25) is 4.85 Å². The molecule has 0 amide bonds. The lowest BCUT2D eigenvalue weighted by Gasteiger charge is -2.03. The Balaban J connectivity index is 3.06. The Kier molecular flexibility index (Phi) is 3.91. The Morgan fingerprint density at radius 2 is 1.65 bits per heavy atom. The zero-order valence-corrected chi connectivity index (χ0v) is 10.8. The highest BCUT2D eigenvalue weighted by Crippen LogP contribution is 2.14. The zero-order valence-electron chi connectivity index (χ0n) is 9.12. The standard InChI is InChI=1S/C10H11NO4S2/c1-9-3-5-10(6-4-9)17(14,15)8-16(12,13)7-11-2/h3-6H,7-8H2,1H3. The molecule has 0 aliphatic heterocycles. The Labute approximate surface area is 101 Å². The topological polar surface area (TPSA) is 72.6 Å². The normalized spacial score (nSPS) is 12.0. The van der Waals surface area contributed by atoms with E-state index in [4.69, 9.17) is 6.57 Å². The minimum absolute atomic E-state index is 0.0448. The fraction of sp³-hybridized carbons (Fsp3) is 0.300. The fourth-order valence-electron chi connectivity index (χ4n) is 1.19. The van der Waals surface area contributed by atoms with Crippen molar-refractivity contribution in [1.82, 2.24) is 0 Å². The van der Waals surface area contributed by atoms with Crippen molar-refractivity contribution in [2.45, 2.75) is 11.8 Å². The smallest absolute Gasteiger partial charge is 0.300 e. The van der Waals surface area contributed by atoms with E-state index in [0.29, 0.717) is 0 Å². The molecule has 92 valence electrons. The van der Waals surface area contributed by atoms with Crippen LogP contribution >= 0.6 is 0 Å². The molecule has 1 rings (SSSR count). The average Bonchev–Trinajstić information content (AvgIpc) is 2.16. The molecular formula is C10H11NO4S2. The van der Waals surface area contributed by atoms with Gasteiger partial charge in [0, 0.05) is 0 Å². The summed E-state index contributed by atoms with van der Waals surface area (Å²) in [4.78, 5) is 2.65. The first-order valence-electron chi connectivity index (χ1n) is 4.60.